The summed E-state index contributed by atoms with van der Waals surface area (Å²) in [6.45, 7) is 5.16. The second-order valence-electron chi connectivity index (χ2n) is 9.08. The Morgan fingerprint density at radius 3 is 2.19 bits per heavy atom. The van der Waals surface area contributed by atoms with Gasteiger partial charge >= 0.3 is 0 Å². The fourth-order valence-electron chi connectivity index (χ4n) is 4.17. The van der Waals surface area contributed by atoms with Crippen LogP contribution in [0, 0.1) is 11.8 Å². The van der Waals surface area contributed by atoms with Gasteiger partial charge in [-0.1, -0.05) is 19.9 Å². The molecule has 32 heavy (non-hydrogen) atoms. The molecule has 0 radical (unpaired) electrons. The van der Waals surface area contributed by atoms with Gasteiger partial charge in [0.25, 0.3) is 11.8 Å². The Hall–Kier alpha value is -2.71. The van der Waals surface area contributed by atoms with Gasteiger partial charge in [-0.3, -0.25) is 9.59 Å². The Bertz CT molecular complexity index is 1100. The summed E-state index contributed by atoms with van der Waals surface area (Å²) in [5, 5.41) is 5.70. The van der Waals surface area contributed by atoms with Gasteiger partial charge in [-0.05, 0) is 73.6 Å². The third-order valence-corrected chi connectivity index (χ3v) is 7.73. The van der Waals surface area contributed by atoms with Gasteiger partial charge in [-0.2, -0.15) is 4.31 Å². The van der Waals surface area contributed by atoms with E-state index in [-0.39, 0.29) is 22.8 Å². The van der Waals surface area contributed by atoms with Crippen LogP contribution in [-0.4, -0.2) is 43.7 Å². The number of sulfonamides is 1. The van der Waals surface area contributed by atoms with Gasteiger partial charge in [-0.15, -0.1) is 0 Å². The molecule has 2 atom stereocenters. The highest BCUT2D eigenvalue weighted by atomic mass is 32.2. The van der Waals surface area contributed by atoms with Crippen molar-refractivity contribution in [1.29, 1.82) is 0 Å². The van der Waals surface area contributed by atoms with Crippen molar-refractivity contribution in [3.8, 4) is 0 Å². The van der Waals surface area contributed by atoms with E-state index in [0.29, 0.717) is 41.7 Å². The number of nitrogens with one attached hydrogen (secondary N) is 2. The topological polar surface area (TPSA) is 95.6 Å². The maximum absolute atomic E-state index is 13.0. The minimum atomic E-state index is -3.59. The first-order valence-electron chi connectivity index (χ1n) is 11.0. The van der Waals surface area contributed by atoms with Crippen LogP contribution in [0.2, 0.25) is 0 Å². The van der Waals surface area contributed by atoms with Crippen LogP contribution in [0.25, 0.3) is 0 Å². The Kier molecular flexibility index (Phi) is 6.35. The van der Waals surface area contributed by atoms with Crippen LogP contribution < -0.4 is 10.6 Å². The highest BCUT2D eigenvalue weighted by Crippen LogP contribution is 2.27. The van der Waals surface area contributed by atoms with Crippen molar-refractivity contribution in [2.45, 2.75) is 44.0 Å². The van der Waals surface area contributed by atoms with Crippen LogP contribution >= 0.6 is 0 Å². The molecule has 4 rings (SSSR count). The van der Waals surface area contributed by atoms with Gasteiger partial charge in [0.2, 0.25) is 10.0 Å². The molecule has 2 aromatic carbocycles. The molecule has 1 aliphatic carbocycles. The van der Waals surface area contributed by atoms with E-state index in [9.17, 15) is 18.0 Å². The number of benzene rings is 2. The SMILES string of the molecule is C[C@@H]1C[C@@H](C)CN(S(=O)(=O)c2ccc(C(=O)Nc3cccc(C(=O)NC4CC4)c3)cc2)C1. The normalized spacial score (nSPS) is 21.7. The fraction of sp³-hybridized carbons (Fsp3) is 0.417. The van der Waals surface area contributed by atoms with Crippen LogP contribution in [0.15, 0.2) is 53.4 Å². The molecule has 1 heterocycles. The minimum absolute atomic E-state index is 0.153. The van der Waals surface area contributed by atoms with E-state index in [0.717, 1.165) is 19.3 Å². The molecular weight excluding hydrogens is 426 g/mol. The number of amides is 2. The van der Waals surface area contributed by atoms with E-state index >= 15 is 0 Å². The van der Waals surface area contributed by atoms with Crippen molar-refractivity contribution in [3.63, 3.8) is 0 Å². The highest BCUT2D eigenvalue weighted by molar-refractivity contribution is 7.89. The molecule has 0 unspecified atom stereocenters. The number of carbonyl (C=O) groups is 2. The Balaban J connectivity index is 1.44. The number of hydrogen-bond acceptors (Lipinski definition) is 4. The van der Waals surface area contributed by atoms with E-state index < -0.39 is 10.0 Å². The second-order valence-corrected chi connectivity index (χ2v) is 11.0. The quantitative estimate of drug-likeness (QED) is 0.697. The molecule has 170 valence electrons. The largest absolute Gasteiger partial charge is 0.349 e. The van der Waals surface area contributed by atoms with Crippen molar-refractivity contribution < 1.29 is 18.0 Å². The molecule has 1 saturated heterocycles. The molecule has 0 aromatic heterocycles. The molecule has 2 fully saturated rings. The zero-order chi connectivity index (χ0) is 22.9. The maximum Gasteiger partial charge on any atom is 0.255 e. The predicted octanol–water partition coefficient (Wildman–Crippen LogP) is 3.50. The average molecular weight is 456 g/mol. The van der Waals surface area contributed by atoms with Gasteiger partial charge in [0, 0.05) is 35.9 Å². The standard InChI is InChI=1S/C24H29N3O4S/c1-16-12-17(2)15-27(14-16)32(30,31)22-10-6-18(7-11-22)23(28)26-21-5-3-4-19(13-21)24(29)25-20-8-9-20/h3-7,10-11,13,16-17,20H,8-9,12,14-15H2,1-2H3,(H,25,29)(H,26,28)/t16-,17-/m1/s1. The predicted molar refractivity (Wildman–Crippen MR) is 123 cm³/mol. The molecule has 2 aliphatic rings. The van der Waals surface area contributed by atoms with Gasteiger partial charge in [-0.25, -0.2) is 8.42 Å². The second kappa shape index (κ2) is 9.03. The molecule has 1 saturated carbocycles. The summed E-state index contributed by atoms with van der Waals surface area (Å²) >= 11 is 0. The summed E-state index contributed by atoms with van der Waals surface area (Å²) in [6.07, 6.45) is 3.03. The summed E-state index contributed by atoms with van der Waals surface area (Å²) in [5.41, 5.74) is 1.34. The fourth-order valence-corrected chi connectivity index (χ4v) is 5.85. The third-order valence-electron chi connectivity index (χ3n) is 5.88. The maximum atomic E-state index is 13.0. The molecule has 7 nitrogen and oxygen atoms in total. The van der Waals surface area contributed by atoms with E-state index in [2.05, 4.69) is 24.5 Å². The van der Waals surface area contributed by atoms with E-state index in [1.807, 2.05) is 0 Å². The van der Waals surface area contributed by atoms with E-state index in [1.165, 1.54) is 24.3 Å². The third kappa shape index (κ3) is 5.19. The monoisotopic (exact) mass is 455 g/mol. The van der Waals surface area contributed by atoms with Crippen molar-refractivity contribution >= 4 is 27.5 Å². The van der Waals surface area contributed by atoms with Crippen LogP contribution in [0.5, 0.6) is 0 Å². The first-order chi connectivity index (χ1) is 15.2. The number of rotatable bonds is 6. The van der Waals surface area contributed by atoms with Crippen molar-refractivity contribution in [1.82, 2.24) is 9.62 Å². The zero-order valence-electron chi connectivity index (χ0n) is 18.4. The summed E-state index contributed by atoms with van der Waals surface area (Å²) in [4.78, 5) is 25.1. The summed E-state index contributed by atoms with van der Waals surface area (Å²) in [6, 6.07) is 13.0. The number of hydrogen-bond donors (Lipinski definition) is 2. The number of carbonyl (C=O) groups excluding carboxylic acids is 2. The first kappa shape index (κ1) is 22.5. The van der Waals surface area contributed by atoms with Gasteiger partial charge in [0.05, 0.1) is 4.90 Å². The summed E-state index contributed by atoms with van der Waals surface area (Å²) < 4.78 is 27.6. The highest BCUT2D eigenvalue weighted by Gasteiger charge is 2.31. The molecular formula is C24H29N3O4S. The lowest BCUT2D eigenvalue weighted by Crippen LogP contribution is -2.42. The molecule has 0 spiro atoms. The van der Waals surface area contributed by atoms with Crippen molar-refractivity contribution in [2.75, 3.05) is 18.4 Å². The van der Waals surface area contributed by atoms with Crippen molar-refractivity contribution in [2.24, 2.45) is 11.8 Å². The lowest BCUT2D eigenvalue weighted by molar-refractivity contribution is 0.0949. The van der Waals surface area contributed by atoms with Crippen LogP contribution in [0.3, 0.4) is 0 Å². The minimum Gasteiger partial charge on any atom is -0.349 e. The zero-order valence-corrected chi connectivity index (χ0v) is 19.2. The Labute approximate surface area is 189 Å². The number of piperidine rings is 1. The lowest BCUT2D eigenvalue weighted by Gasteiger charge is -2.34. The first-order valence-corrected chi connectivity index (χ1v) is 12.5. The van der Waals surface area contributed by atoms with Gasteiger partial charge < -0.3 is 10.6 Å². The average Bonchev–Trinajstić information content (AvgIpc) is 3.57. The lowest BCUT2D eigenvalue weighted by atomic mass is 9.94. The van der Waals surface area contributed by atoms with Gasteiger partial charge in [0.1, 0.15) is 0 Å². The molecule has 1 aliphatic heterocycles. The van der Waals surface area contributed by atoms with Crippen molar-refractivity contribution in [3.05, 3.63) is 59.7 Å². The van der Waals surface area contributed by atoms with Gasteiger partial charge in [0.15, 0.2) is 0 Å². The molecule has 2 amide bonds. The number of anilines is 1. The van der Waals surface area contributed by atoms with E-state index in [1.54, 1.807) is 28.6 Å². The molecule has 2 N–H and O–H groups in total. The smallest absolute Gasteiger partial charge is 0.255 e. The summed E-state index contributed by atoms with van der Waals surface area (Å²) in [5.74, 6) is 0.120. The molecule has 0 bridgehead atoms. The van der Waals surface area contributed by atoms with Crippen LogP contribution in [0.1, 0.15) is 53.8 Å². The molecule has 2 aromatic rings. The van der Waals surface area contributed by atoms with E-state index in [4.69, 9.17) is 0 Å². The molecule has 8 heteroatoms. The van der Waals surface area contributed by atoms with Crippen LogP contribution in [-0.2, 0) is 10.0 Å². The Morgan fingerprint density at radius 2 is 1.56 bits per heavy atom. The Morgan fingerprint density at radius 1 is 0.906 bits per heavy atom. The van der Waals surface area contributed by atoms with Crippen LogP contribution in [0.4, 0.5) is 5.69 Å². The summed E-state index contributed by atoms with van der Waals surface area (Å²) in [7, 11) is -3.59. The number of nitrogens with zero attached hydrogens (tertiary/aromatic N) is 1.